The van der Waals surface area contributed by atoms with Crippen molar-refractivity contribution >= 4 is 29.5 Å². The zero-order valence-corrected chi connectivity index (χ0v) is 16.3. The summed E-state index contributed by atoms with van der Waals surface area (Å²) in [7, 11) is 4.61. The SMILES string of the molecule is CN(C)/C=N/c1nc2c(ncn2[C@@H]2O[C@H](CO)[C@@H](O)[C@H]2NC(=O)N(C)N=O)c(=O)[nH]1. The van der Waals surface area contributed by atoms with Crippen molar-refractivity contribution in [3.8, 4) is 0 Å². The fourth-order valence-corrected chi connectivity index (χ4v) is 2.90. The summed E-state index contributed by atoms with van der Waals surface area (Å²) < 4.78 is 6.99. The number of hydrogen-bond acceptors (Lipinski definition) is 10. The lowest BCUT2D eigenvalue weighted by molar-refractivity contribution is -0.0440. The number of carbonyl (C=O) groups excluding carboxylic acids is 1. The Morgan fingerprint density at radius 1 is 1.47 bits per heavy atom. The third kappa shape index (κ3) is 3.98. The normalized spacial score (nSPS) is 23.8. The van der Waals surface area contributed by atoms with Gasteiger partial charge in [0, 0.05) is 21.1 Å². The number of carbonyl (C=O) groups is 1. The van der Waals surface area contributed by atoms with Crippen molar-refractivity contribution in [2.45, 2.75) is 24.5 Å². The van der Waals surface area contributed by atoms with E-state index in [1.54, 1.807) is 19.0 Å². The van der Waals surface area contributed by atoms with Gasteiger partial charge in [0.05, 0.1) is 24.6 Å². The predicted molar refractivity (Wildman–Crippen MR) is 103 cm³/mol. The monoisotopic (exact) mass is 423 g/mol. The van der Waals surface area contributed by atoms with E-state index >= 15 is 0 Å². The molecule has 4 N–H and O–H groups in total. The number of amides is 2. The molecule has 0 radical (unpaired) electrons. The minimum atomic E-state index is -1.32. The second-order valence-electron chi connectivity index (χ2n) is 6.74. The summed E-state index contributed by atoms with van der Waals surface area (Å²) in [6, 6.07) is -2.00. The number of hydrogen-bond donors (Lipinski definition) is 4. The maximum Gasteiger partial charge on any atom is 0.340 e. The quantitative estimate of drug-likeness (QED) is 0.181. The first-order valence-corrected chi connectivity index (χ1v) is 8.76. The molecule has 3 heterocycles. The van der Waals surface area contributed by atoms with E-state index in [0.29, 0.717) is 5.01 Å². The number of imidazole rings is 1. The van der Waals surface area contributed by atoms with E-state index in [4.69, 9.17) is 4.74 Å². The van der Waals surface area contributed by atoms with Crippen LogP contribution in [0.5, 0.6) is 0 Å². The van der Waals surface area contributed by atoms with Gasteiger partial charge in [-0.1, -0.05) is 0 Å². The number of H-pyrrole nitrogens is 1. The summed E-state index contributed by atoms with van der Waals surface area (Å²) >= 11 is 0. The van der Waals surface area contributed by atoms with Crippen molar-refractivity contribution in [3.63, 3.8) is 0 Å². The molecular formula is C15H21N9O6. The smallest absolute Gasteiger partial charge is 0.340 e. The molecule has 0 aliphatic carbocycles. The van der Waals surface area contributed by atoms with Crippen LogP contribution in [0.3, 0.4) is 0 Å². The number of fused-ring (bicyclic) bond motifs is 1. The first-order valence-electron chi connectivity index (χ1n) is 8.76. The van der Waals surface area contributed by atoms with Gasteiger partial charge in [0.15, 0.2) is 17.4 Å². The highest BCUT2D eigenvalue weighted by atomic mass is 16.5. The molecule has 0 saturated carbocycles. The molecule has 0 spiro atoms. The zero-order valence-electron chi connectivity index (χ0n) is 16.3. The van der Waals surface area contributed by atoms with Gasteiger partial charge in [-0.15, -0.1) is 4.91 Å². The van der Waals surface area contributed by atoms with Gasteiger partial charge >= 0.3 is 6.03 Å². The molecule has 30 heavy (non-hydrogen) atoms. The van der Waals surface area contributed by atoms with Gasteiger partial charge in [0.2, 0.25) is 5.95 Å². The van der Waals surface area contributed by atoms with Gasteiger partial charge in [-0.2, -0.15) is 9.99 Å². The summed E-state index contributed by atoms with van der Waals surface area (Å²) in [5.74, 6) is 0.00526. The summed E-state index contributed by atoms with van der Waals surface area (Å²) in [5, 5.41) is 25.4. The highest BCUT2D eigenvalue weighted by Gasteiger charge is 2.46. The fraction of sp³-hybridized carbons (Fsp3) is 0.533. The Bertz CT molecular complexity index is 1020. The molecule has 2 aromatic rings. The minimum Gasteiger partial charge on any atom is -0.394 e. The number of aliphatic hydroxyl groups is 2. The first kappa shape index (κ1) is 21.3. The van der Waals surface area contributed by atoms with Gasteiger partial charge in [0.25, 0.3) is 5.56 Å². The highest BCUT2D eigenvalue weighted by molar-refractivity contribution is 5.74. The highest BCUT2D eigenvalue weighted by Crippen LogP contribution is 2.31. The average Bonchev–Trinajstić information content (AvgIpc) is 3.27. The molecule has 15 heteroatoms. The van der Waals surface area contributed by atoms with Gasteiger partial charge < -0.3 is 25.2 Å². The molecule has 0 aromatic carbocycles. The lowest BCUT2D eigenvalue weighted by atomic mass is 10.1. The van der Waals surface area contributed by atoms with E-state index in [-0.39, 0.29) is 17.1 Å². The Balaban J connectivity index is 2.03. The second-order valence-corrected chi connectivity index (χ2v) is 6.74. The molecule has 15 nitrogen and oxygen atoms in total. The molecule has 162 valence electrons. The largest absolute Gasteiger partial charge is 0.394 e. The van der Waals surface area contributed by atoms with Crippen molar-refractivity contribution in [1.29, 1.82) is 0 Å². The summed E-state index contributed by atoms with van der Waals surface area (Å²) in [6.07, 6.45) is -0.765. The van der Waals surface area contributed by atoms with E-state index in [1.807, 2.05) is 0 Å². The van der Waals surface area contributed by atoms with Gasteiger partial charge in [-0.25, -0.2) is 14.8 Å². The van der Waals surface area contributed by atoms with Crippen molar-refractivity contribution in [3.05, 3.63) is 21.6 Å². The van der Waals surface area contributed by atoms with Crippen LogP contribution in [0.2, 0.25) is 0 Å². The van der Waals surface area contributed by atoms with E-state index in [0.717, 1.165) is 7.05 Å². The van der Waals surface area contributed by atoms with Crippen LogP contribution >= 0.6 is 0 Å². The lowest BCUT2D eigenvalue weighted by Gasteiger charge is -2.23. The Morgan fingerprint density at radius 3 is 2.83 bits per heavy atom. The molecular weight excluding hydrogens is 402 g/mol. The van der Waals surface area contributed by atoms with E-state index in [2.05, 4.69) is 30.5 Å². The zero-order chi connectivity index (χ0) is 22.0. The number of aliphatic hydroxyl groups excluding tert-OH is 2. The van der Waals surface area contributed by atoms with E-state index < -0.39 is 42.7 Å². The summed E-state index contributed by atoms with van der Waals surface area (Å²) in [5.41, 5.74) is -0.477. The molecule has 4 atom stereocenters. The Morgan fingerprint density at radius 2 is 2.20 bits per heavy atom. The van der Waals surface area contributed by atoms with Crippen LogP contribution < -0.4 is 10.9 Å². The molecule has 1 saturated heterocycles. The minimum absolute atomic E-state index is 0.00526. The van der Waals surface area contributed by atoms with Gasteiger partial charge in [-0.05, 0) is 0 Å². The third-order valence-electron chi connectivity index (χ3n) is 4.36. The Hall–Kier alpha value is -3.43. The van der Waals surface area contributed by atoms with Crippen LogP contribution in [0.25, 0.3) is 11.2 Å². The van der Waals surface area contributed by atoms with Crippen LogP contribution in [-0.4, -0.2) is 98.0 Å². The van der Waals surface area contributed by atoms with Crippen molar-refractivity contribution in [2.75, 3.05) is 27.7 Å². The Kier molecular flexibility index (Phi) is 6.04. The van der Waals surface area contributed by atoms with Crippen LogP contribution in [-0.2, 0) is 4.74 Å². The number of nitrogens with one attached hydrogen (secondary N) is 2. The maximum absolute atomic E-state index is 12.3. The summed E-state index contributed by atoms with van der Waals surface area (Å²) in [4.78, 5) is 51.5. The molecule has 0 bridgehead atoms. The first-order chi connectivity index (χ1) is 14.3. The van der Waals surface area contributed by atoms with Crippen molar-refractivity contribution in [1.82, 2.24) is 34.7 Å². The number of nitroso groups, excluding NO2 is 1. The molecule has 1 fully saturated rings. The second kappa shape index (κ2) is 8.52. The fourth-order valence-electron chi connectivity index (χ4n) is 2.90. The lowest BCUT2D eigenvalue weighted by Crippen LogP contribution is -2.49. The standard InChI is InChI=1S/C15H21N9O6/c1-22(2)5-17-14-19-11-9(12(27)20-14)16-6-24(11)13-8(10(26)7(4-25)30-13)18-15(28)23(3)21-29/h5-8,10,13,25-26H,4H2,1-3H3,(H,18,28)(H,19,20,27)/b17-5+/t7-,8-,10-,13-/m1/s1. The number of aromatic amines is 1. The van der Waals surface area contributed by atoms with E-state index in [1.165, 1.54) is 17.2 Å². The Labute approximate surface area is 168 Å². The molecule has 2 aromatic heterocycles. The van der Waals surface area contributed by atoms with Gasteiger partial charge in [-0.3, -0.25) is 14.3 Å². The molecule has 1 aliphatic heterocycles. The van der Waals surface area contributed by atoms with E-state index in [9.17, 15) is 24.7 Å². The van der Waals surface area contributed by atoms with Crippen LogP contribution in [0.1, 0.15) is 6.23 Å². The molecule has 3 rings (SSSR count). The number of urea groups is 1. The average molecular weight is 423 g/mol. The van der Waals surface area contributed by atoms with Crippen LogP contribution in [0, 0.1) is 4.91 Å². The van der Waals surface area contributed by atoms with Crippen molar-refractivity contribution < 1.29 is 19.7 Å². The number of rotatable bonds is 6. The number of aliphatic imine (C=N–C) groups is 1. The summed E-state index contributed by atoms with van der Waals surface area (Å²) in [6.45, 7) is -0.537. The topological polar surface area (TPSA) is 191 Å². The van der Waals surface area contributed by atoms with Crippen molar-refractivity contribution in [2.24, 2.45) is 10.3 Å². The van der Waals surface area contributed by atoms with Crippen LogP contribution in [0.4, 0.5) is 10.7 Å². The molecule has 1 aliphatic rings. The maximum atomic E-state index is 12.3. The molecule has 2 amide bonds. The van der Waals surface area contributed by atoms with Gasteiger partial charge in [0.1, 0.15) is 18.2 Å². The predicted octanol–water partition coefficient (Wildman–Crippen LogP) is -1.72. The van der Waals surface area contributed by atoms with Crippen LogP contribution in [0.15, 0.2) is 21.4 Å². The third-order valence-corrected chi connectivity index (χ3v) is 4.36. The number of nitrogens with zero attached hydrogens (tertiary/aromatic N) is 7. The number of aromatic nitrogens is 4. The number of ether oxygens (including phenoxy) is 1. The molecule has 0 unspecified atom stereocenters.